The Bertz CT molecular complexity index is 1040. The Hall–Kier alpha value is -2.46. The zero-order valence-electron chi connectivity index (χ0n) is 16.5. The highest BCUT2D eigenvalue weighted by Gasteiger charge is 2.31. The van der Waals surface area contributed by atoms with Gasteiger partial charge in [-0.25, -0.2) is 4.98 Å². The Morgan fingerprint density at radius 2 is 1.84 bits per heavy atom. The summed E-state index contributed by atoms with van der Waals surface area (Å²) >= 11 is 3.00. The zero-order chi connectivity index (χ0) is 21.8. The standard InChI is InChI=1S/C21H20F3N3O2S2/c22-21(23,24)29-15-6-7-17-18(14-15)31-20(25-17)27-11-9-26(10-12-27)19(28)8-13-30-16-4-2-1-3-5-16/h1-7,14H,8-13H2. The van der Waals surface area contributed by atoms with E-state index in [2.05, 4.69) is 14.6 Å². The van der Waals surface area contributed by atoms with Gasteiger partial charge in [0.2, 0.25) is 5.91 Å². The summed E-state index contributed by atoms with van der Waals surface area (Å²) in [6.07, 6.45) is -4.23. The van der Waals surface area contributed by atoms with Crippen molar-refractivity contribution in [2.75, 3.05) is 36.8 Å². The molecule has 1 aliphatic rings. The average Bonchev–Trinajstić information content (AvgIpc) is 3.17. The molecule has 1 aliphatic heterocycles. The van der Waals surface area contributed by atoms with Crippen molar-refractivity contribution in [3.05, 3.63) is 48.5 Å². The number of rotatable bonds is 6. The lowest BCUT2D eigenvalue weighted by Gasteiger charge is -2.34. The van der Waals surface area contributed by atoms with Crippen molar-refractivity contribution >= 4 is 44.4 Å². The lowest BCUT2D eigenvalue weighted by Crippen LogP contribution is -2.48. The number of piperazine rings is 1. The molecule has 2 heterocycles. The van der Waals surface area contributed by atoms with Gasteiger partial charge in [0.1, 0.15) is 5.75 Å². The van der Waals surface area contributed by atoms with Crippen LogP contribution >= 0.6 is 23.1 Å². The van der Waals surface area contributed by atoms with E-state index in [1.807, 2.05) is 35.2 Å². The number of alkyl halides is 3. The van der Waals surface area contributed by atoms with E-state index in [1.54, 1.807) is 11.8 Å². The molecule has 164 valence electrons. The van der Waals surface area contributed by atoms with E-state index >= 15 is 0 Å². The Kier molecular flexibility index (Phi) is 6.57. The molecule has 10 heteroatoms. The molecule has 1 aromatic heterocycles. The number of thiazole rings is 1. The van der Waals surface area contributed by atoms with Crippen molar-refractivity contribution in [1.82, 2.24) is 9.88 Å². The second-order valence-electron chi connectivity index (χ2n) is 6.95. The second-order valence-corrected chi connectivity index (χ2v) is 9.13. The Balaban J connectivity index is 1.30. The Labute approximate surface area is 185 Å². The van der Waals surface area contributed by atoms with Gasteiger partial charge < -0.3 is 14.5 Å². The third kappa shape index (κ3) is 5.82. The first kappa shape index (κ1) is 21.8. The minimum Gasteiger partial charge on any atom is -0.406 e. The van der Waals surface area contributed by atoms with Gasteiger partial charge >= 0.3 is 6.36 Å². The van der Waals surface area contributed by atoms with Crippen LogP contribution in [0, 0.1) is 0 Å². The van der Waals surface area contributed by atoms with Gasteiger partial charge in [-0.1, -0.05) is 29.5 Å². The van der Waals surface area contributed by atoms with Crippen molar-refractivity contribution in [3.63, 3.8) is 0 Å². The number of halogens is 3. The third-order valence-electron chi connectivity index (χ3n) is 4.81. The number of fused-ring (bicyclic) bond motifs is 1. The van der Waals surface area contributed by atoms with Crippen LogP contribution in [0.3, 0.4) is 0 Å². The van der Waals surface area contributed by atoms with Gasteiger partial charge in [0.15, 0.2) is 5.13 Å². The summed E-state index contributed by atoms with van der Waals surface area (Å²) in [7, 11) is 0. The first-order chi connectivity index (χ1) is 14.9. The second kappa shape index (κ2) is 9.35. The lowest BCUT2D eigenvalue weighted by molar-refractivity contribution is -0.274. The number of ether oxygens (including phenoxy) is 1. The summed E-state index contributed by atoms with van der Waals surface area (Å²) in [5, 5.41) is 0.742. The van der Waals surface area contributed by atoms with Crippen molar-refractivity contribution < 1.29 is 22.7 Å². The summed E-state index contributed by atoms with van der Waals surface area (Å²) in [5.74, 6) is 0.629. The van der Waals surface area contributed by atoms with E-state index in [0.717, 1.165) is 15.8 Å². The summed E-state index contributed by atoms with van der Waals surface area (Å²) in [6.45, 7) is 2.49. The number of amides is 1. The first-order valence-electron chi connectivity index (χ1n) is 9.74. The molecule has 2 aromatic carbocycles. The largest absolute Gasteiger partial charge is 0.573 e. The van der Waals surface area contributed by atoms with Crippen LogP contribution in [-0.2, 0) is 4.79 Å². The van der Waals surface area contributed by atoms with E-state index in [0.29, 0.717) is 42.8 Å². The number of nitrogens with zero attached hydrogens (tertiary/aromatic N) is 3. The molecule has 1 amide bonds. The maximum atomic E-state index is 12.5. The molecule has 1 fully saturated rings. The van der Waals surface area contributed by atoms with Gasteiger partial charge in [0.05, 0.1) is 10.2 Å². The van der Waals surface area contributed by atoms with Crippen LogP contribution in [0.15, 0.2) is 53.4 Å². The molecule has 1 saturated heterocycles. The molecule has 0 atom stereocenters. The molecule has 31 heavy (non-hydrogen) atoms. The zero-order valence-corrected chi connectivity index (χ0v) is 18.1. The fourth-order valence-corrected chi connectivity index (χ4v) is 5.21. The van der Waals surface area contributed by atoms with Gasteiger partial charge in [0, 0.05) is 49.3 Å². The Morgan fingerprint density at radius 3 is 2.55 bits per heavy atom. The fourth-order valence-electron chi connectivity index (χ4n) is 3.30. The molecular formula is C21H20F3N3O2S2. The normalized spacial score (nSPS) is 14.8. The molecule has 0 radical (unpaired) electrons. The molecule has 0 saturated carbocycles. The molecule has 0 aliphatic carbocycles. The van der Waals surface area contributed by atoms with E-state index in [9.17, 15) is 18.0 Å². The van der Waals surface area contributed by atoms with Crippen LogP contribution in [-0.4, -0.2) is 54.1 Å². The van der Waals surface area contributed by atoms with Gasteiger partial charge in [0.25, 0.3) is 0 Å². The van der Waals surface area contributed by atoms with Crippen LogP contribution in [0.4, 0.5) is 18.3 Å². The minimum absolute atomic E-state index is 0.140. The average molecular weight is 468 g/mol. The van der Waals surface area contributed by atoms with Crippen molar-refractivity contribution in [2.45, 2.75) is 17.7 Å². The van der Waals surface area contributed by atoms with Gasteiger partial charge in [-0.3, -0.25) is 4.79 Å². The molecule has 0 N–H and O–H groups in total. The predicted octanol–water partition coefficient (Wildman–Crippen LogP) is 5.03. The number of hydrogen-bond acceptors (Lipinski definition) is 6. The summed E-state index contributed by atoms with van der Waals surface area (Å²) < 4.78 is 41.9. The van der Waals surface area contributed by atoms with E-state index in [4.69, 9.17) is 0 Å². The van der Waals surface area contributed by atoms with Gasteiger partial charge in [-0.2, -0.15) is 0 Å². The quantitative estimate of drug-likeness (QED) is 0.476. The predicted molar refractivity (Wildman–Crippen MR) is 117 cm³/mol. The highest BCUT2D eigenvalue weighted by molar-refractivity contribution is 7.99. The molecule has 5 nitrogen and oxygen atoms in total. The highest BCUT2D eigenvalue weighted by atomic mass is 32.2. The maximum Gasteiger partial charge on any atom is 0.573 e. The Morgan fingerprint density at radius 1 is 1.10 bits per heavy atom. The molecule has 0 spiro atoms. The molecule has 4 rings (SSSR count). The van der Waals surface area contributed by atoms with E-state index in [-0.39, 0.29) is 11.7 Å². The SMILES string of the molecule is O=C(CCSc1ccccc1)N1CCN(c2nc3ccc(OC(F)(F)F)cc3s2)CC1. The summed E-state index contributed by atoms with van der Waals surface area (Å²) in [5.41, 5.74) is 0.631. The fraction of sp³-hybridized carbons (Fsp3) is 0.333. The minimum atomic E-state index is -4.72. The smallest absolute Gasteiger partial charge is 0.406 e. The summed E-state index contributed by atoms with van der Waals surface area (Å²) in [6, 6.07) is 14.1. The number of thioether (sulfide) groups is 1. The monoisotopic (exact) mass is 467 g/mol. The molecular weight excluding hydrogens is 447 g/mol. The van der Waals surface area contributed by atoms with Crippen molar-refractivity contribution in [1.29, 1.82) is 0 Å². The topological polar surface area (TPSA) is 45.7 Å². The van der Waals surface area contributed by atoms with Crippen molar-refractivity contribution in [2.24, 2.45) is 0 Å². The third-order valence-corrected chi connectivity index (χ3v) is 6.91. The maximum absolute atomic E-state index is 12.5. The number of carbonyl (C=O) groups excluding carboxylic acids is 1. The number of hydrogen-bond donors (Lipinski definition) is 0. The highest BCUT2D eigenvalue weighted by Crippen LogP contribution is 2.33. The van der Waals surface area contributed by atoms with Crippen LogP contribution in [0.2, 0.25) is 0 Å². The van der Waals surface area contributed by atoms with Crippen LogP contribution < -0.4 is 9.64 Å². The molecule has 0 unspecified atom stereocenters. The number of benzene rings is 2. The molecule has 0 bridgehead atoms. The van der Waals surface area contributed by atoms with Crippen molar-refractivity contribution in [3.8, 4) is 5.75 Å². The van der Waals surface area contributed by atoms with Gasteiger partial charge in [-0.05, 0) is 24.3 Å². The number of aromatic nitrogens is 1. The number of carbonyl (C=O) groups is 1. The lowest BCUT2D eigenvalue weighted by atomic mass is 10.3. The van der Waals surface area contributed by atoms with Crippen LogP contribution in [0.1, 0.15) is 6.42 Å². The number of anilines is 1. The van der Waals surface area contributed by atoms with Gasteiger partial charge in [-0.15, -0.1) is 24.9 Å². The van der Waals surface area contributed by atoms with Crippen LogP contribution in [0.25, 0.3) is 10.2 Å². The first-order valence-corrected chi connectivity index (χ1v) is 11.5. The van der Waals surface area contributed by atoms with Crippen LogP contribution in [0.5, 0.6) is 5.75 Å². The van der Waals surface area contributed by atoms with E-state index < -0.39 is 6.36 Å². The molecule has 3 aromatic rings. The van der Waals surface area contributed by atoms with E-state index in [1.165, 1.54) is 29.5 Å². The summed E-state index contributed by atoms with van der Waals surface area (Å²) in [4.78, 5) is 22.1.